The third kappa shape index (κ3) is 5.16. The number of nitrogens with one attached hydrogen (secondary N) is 1. The van der Waals surface area contributed by atoms with Crippen LogP contribution in [-0.4, -0.2) is 33.3 Å². The first-order valence-electron chi connectivity index (χ1n) is 6.33. The maximum absolute atomic E-state index is 13.6. The van der Waals surface area contributed by atoms with Gasteiger partial charge in [0.15, 0.2) is 0 Å². The molecule has 2 N–H and O–H groups in total. The van der Waals surface area contributed by atoms with Gasteiger partial charge in [-0.1, -0.05) is 19.9 Å². The highest BCUT2D eigenvalue weighted by Gasteiger charge is 2.19. The smallest absolute Gasteiger partial charge is 0.243 e. The summed E-state index contributed by atoms with van der Waals surface area (Å²) in [5.74, 6) is -0.483. The Morgan fingerprint density at radius 3 is 2.70 bits per heavy atom. The van der Waals surface area contributed by atoms with Crippen molar-refractivity contribution in [3.8, 4) is 0 Å². The molecule has 0 aliphatic rings. The quantitative estimate of drug-likeness (QED) is 0.709. The van der Waals surface area contributed by atoms with Crippen LogP contribution >= 0.6 is 0 Å². The van der Waals surface area contributed by atoms with Gasteiger partial charge in [0.25, 0.3) is 0 Å². The number of sulfonamides is 1. The van der Waals surface area contributed by atoms with Crippen molar-refractivity contribution in [1.29, 1.82) is 0 Å². The van der Waals surface area contributed by atoms with E-state index >= 15 is 0 Å². The minimum Gasteiger partial charge on any atom is -0.392 e. The SMILES string of the molecule is CC(C)COCCNS(=O)(=O)c1cc(CO)ccc1F. The van der Waals surface area contributed by atoms with Crippen LogP contribution in [0.4, 0.5) is 4.39 Å². The van der Waals surface area contributed by atoms with Crippen molar-refractivity contribution >= 4 is 10.0 Å². The first-order valence-corrected chi connectivity index (χ1v) is 7.82. The number of rotatable bonds is 8. The first kappa shape index (κ1) is 17.0. The van der Waals surface area contributed by atoms with Crippen molar-refractivity contribution in [2.45, 2.75) is 25.3 Å². The lowest BCUT2D eigenvalue weighted by atomic mass is 10.2. The van der Waals surface area contributed by atoms with Crippen molar-refractivity contribution in [3.05, 3.63) is 29.6 Å². The van der Waals surface area contributed by atoms with Gasteiger partial charge in [0.1, 0.15) is 10.7 Å². The minimum absolute atomic E-state index is 0.0673. The third-order valence-corrected chi connectivity index (χ3v) is 3.93. The molecule has 0 aliphatic carbocycles. The van der Waals surface area contributed by atoms with Crippen LogP contribution in [-0.2, 0) is 21.4 Å². The fourth-order valence-corrected chi connectivity index (χ4v) is 2.64. The van der Waals surface area contributed by atoms with Crippen molar-refractivity contribution < 1.29 is 22.7 Å². The number of hydrogen-bond acceptors (Lipinski definition) is 4. The average molecular weight is 305 g/mol. The third-order valence-electron chi connectivity index (χ3n) is 2.46. The molecule has 0 heterocycles. The Labute approximate surface area is 118 Å². The predicted octanol–water partition coefficient (Wildman–Crippen LogP) is 1.27. The van der Waals surface area contributed by atoms with E-state index in [1.807, 2.05) is 13.8 Å². The monoisotopic (exact) mass is 305 g/mol. The van der Waals surface area contributed by atoms with E-state index in [0.29, 0.717) is 18.1 Å². The number of halogens is 1. The fraction of sp³-hybridized carbons (Fsp3) is 0.538. The lowest BCUT2D eigenvalue weighted by molar-refractivity contribution is 0.114. The molecular formula is C13H20FNO4S. The van der Waals surface area contributed by atoms with E-state index in [-0.39, 0.29) is 19.8 Å². The largest absolute Gasteiger partial charge is 0.392 e. The Morgan fingerprint density at radius 2 is 2.10 bits per heavy atom. The zero-order valence-corrected chi connectivity index (χ0v) is 12.4. The molecule has 0 aliphatic heterocycles. The molecule has 0 fully saturated rings. The standard InChI is InChI=1S/C13H20FNO4S/c1-10(2)9-19-6-5-15-20(17,18)13-7-11(8-16)3-4-12(13)14/h3-4,7,10,15-16H,5-6,8-9H2,1-2H3. The van der Waals surface area contributed by atoms with Crippen LogP contribution in [0.2, 0.25) is 0 Å². The van der Waals surface area contributed by atoms with E-state index in [1.165, 1.54) is 6.07 Å². The number of aliphatic hydroxyl groups is 1. The summed E-state index contributed by atoms with van der Waals surface area (Å²) in [5.41, 5.74) is 0.336. The van der Waals surface area contributed by atoms with Gasteiger partial charge in [0.2, 0.25) is 10.0 Å². The van der Waals surface area contributed by atoms with Crippen LogP contribution in [0.1, 0.15) is 19.4 Å². The molecule has 20 heavy (non-hydrogen) atoms. The normalized spacial score (nSPS) is 12.1. The number of aliphatic hydroxyl groups excluding tert-OH is 1. The Kier molecular flexibility index (Phi) is 6.54. The molecule has 1 aromatic carbocycles. The van der Waals surface area contributed by atoms with Gasteiger partial charge in [-0.05, 0) is 23.6 Å². The summed E-state index contributed by atoms with van der Waals surface area (Å²) in [7, 11) is -3.94. The summed E-state index contributed by atoms with van der Waals surface area (Å²) in [5, 5.41) is 8.96. The topological polar surface area (TPSA) is 75.6 Å². The molecule has 5 nitrogen and oxygen atoms in total. The average Bonchev–Trinajstić information content (AvgIpc) is 2.38. The summed E-state index contributed by atoms with van der Waals surface area (Å²) in [6.07, 6.45) is 0. The van der Waals surface area contributed by atoms with Gasteiger partial charge in [-0.15, -0.1) is 0 Å². The highest BCUT2D eigenvalue weighted by Crippen LogP contribution is 2.16. The summed E-state index contributed by atoms with van der Waals surface area (Å²) < 4.78 is 44.9. The molecule has 0 atom stereocenters. The molecular weight excluding hydrogens is 285 g/mol. The number of hydrogen-bond donors (Lipinski definition) is 2. The van der Waals surface area contributed by atoms with E-state index in [1.54, 1.807) is 0 Å². The molecule has 0 aromatic heterocycles. The van der Waals surface area contributed by atoms with Crippen LogP contribution in [0.3, 0.4) is 0 Å². The van der Waals surface area contributed by atoms with Gasteiger partial charge in [-0.2, -0.15) is 0 Å². The van der Waals surface area contributed by atoms with Gasteiger partial charge in [0.05, 0.1) is 13.2 Å². The molecule has 0 amide bonds. The Bertz CT molecular complexity index is 531. The molecule has 0 spiro atoms. The molecule has 0 bridgehead atoms. The molecule has 0 radical (unpaired) electrons. The Morgan fingerprint density at radius 1 is 1.40 bits per heavy atom. The summed E-state index contributed by atoms with van der Waals surface area (Å²) in [6.45, 7) is 4.45. The molecule has 1 rings (SSSR count). The van der Waals surface area contributed by atoms with E-state index in [0.717, 1.165) is 12.1 Å². The van der Waals surface area contributed by atoms with Crippen molar-refractivity contribution in [3.63, 3.8) is 0 Å². The molecule has 0 saturated carbocycles. The molecule has 114 valence electrons. The number of benzene rings is 1. The van der Waals surface area contributed by atoms with Crippen molar-refractivity contribution in [2.75, 3.05) is 19.8 Å². The summed E-state index contributed by atoms with van der Waals surface area (Å²) in [4.78, 5) is -0.465. The van der Waals surface area contributed by atoms with Crippen molar-refractivity contribution in [2.24, 2.45) is 5.92 Å². The van der Waals surface area contributed by atoms with E-state index in [9.17, 15) is 12.8 Å². The second-order valence-electron chi connectivity index (χ2n) is 4.79. The van der Waals surface area contributed by atoms with E-state index in [2.05, 4.69) is 4.72 Å². The zero-order chi connectivity index (χ0) is 15.2. The second-order valence-corrected chi connectivity index (χ2v) is 6.52. The fourth-order valence-electron chi connectivity index (χ4n) is 1.50. The highest BCUT2D eigenvalue weighted by atomic mass is 32.2. The van der Waals surface area contributed by atoms with Gasteiger partial charge in [-0.25, -0.2) is 17.5 Å². The summed E-state index contributed by atoms with van der Waals surface area (Å²) >= 11 is 0. The van der Waals surface area contributed by atoms with E-state index in [4.69, 9.17) is 9.84 Å². The zero-order valence-electron chi connectivity index (χ0n) is 11.6. The lowest BCUT2D eigenvalue weighted by Gasteiger charge is -2.10. The Hall–Kier alpha value is -1.02. The maximum Gasteiger partial charge on any atom is 0.243 e. The van der Waals surface area contributed by atoms with Crippen LogP contribution in [0.5, 0.6) is 0 Å². The van der Waals surface area contributed by atoms with Crippen LogP contribution in [0.15, 0.2) is 23.1 Å². The Balaban J connectivity index is 2.64. The summed E-state index contributed by atoms with van der Waals surface area (Å²) in [6, 6.07) is 3.47. The highest BCUT2D eigenvalue weighted by molar-refractivity contribution is 7.89. The van der Waals surface area contributed by atoms with Gasteiger partial charge in [0, 0.05) is 13.2 Å². The second kappa shape index (κ2) is 7.68. The molecule has 0 unspecified atom stereocenters. The first-order chi connectivity index (χ1) is 9.36. The molecule has 1 aromatic rings. The van der Waals surface area contributed by atoms with E-state index < -0.39 is 20.7 Å². The minimum atomic E-state index is -3.94. The van der Waals surface area contributed by atoms with Gasteiger partial charge in [-0.3, -0.25) is 0 Å². The lowest BCUT2D eigenvalue weighted by Crippen LogP contribution is -2.28. The number of ether oxygens (including phenoxy) is 1. The predicted molar refractivity (Wildman–Crippen MR) is 73.2 cm³/mol. The van der Waals surface area contributed by atoms with Crippen LogP contribution in [0, 0.1) is 11.7 Å². The van der Waals surface area contributed by atoms with Crippen molar-refractivity contribution in [1.82, 2.24) is 4.72 Å². The maximum atomic E-state index is 13.6. The molecule has 7 heteroatoms. The van der Waals surface area contributed by atoms with Gasteiger partial charge >= 0.3 is 0 Å². The van der Waals surface area contributed by atoms with Crippen LogP contribution < -0.4 is 4.72 Å². The van der Waals surface area contributed by atoms with Crippen LogP contribution in [0.25, 0.3) is 0 Å². The molecule has 0 saturated heterocycles. The van der Waals surface area contributed by atoms with Gasteiger partial charge < -0.3 is 9.84 Å².